The molecule has 0 aliphatic heterocycles. The van der Waals surface area contributed by atoms with Crippen LogP contribution in [-0.2, 0) is 0 Å². The zero-order valence-electron chi connectivity index (χ0n) is 13.3. The minimum Gasteiger partial charge on any atom is -0.478 e. The summed E-state index contributed by atoms with van der Waals surface area (Å²) in [5.41, 5.74) is 2.65. The maximum absolute atomic E-state index is 12.4. The summed E-state index contributed by atoms with van der Waals surface area (Å²) in [6.07, 6.45) is 1.63. The first-order chi connectivity index (χ1) is 11.5. The van der Waals surface area contributed by atoms with Crippen molar-refractivity contribution in [3.05, 3.63) is 69.4 Å². The molecule has 0 unspecified atom stereocenters. The first-order valence-electron chi connectivity index (χ1n) is 7.45. The summed E-state index contributed by atoms with van der Waals surface area (Å²) in [7, 11) is 0. The summed E-state index contributed by atoms with van der Waals surface area (Å²) in [6, 6.07) is 10.7. The standard InChI is InChI=1S/C18H16N2O4/c1-11-7-12(2)18(16(8-11)20(22)23)24-10-17(21)14-9-19-15-6-4-3-5-13(14)15/h3-9,19H,10H2,1-2H3. The highest BCUT2D eigenvalue weighted by Crippen LogP contribution is 2.32. The molecule has 2 aromatic carbocycles. The number of ketones is 1. The number of rotatable bonds is 5. The molecule has 1 heterocycles. The van der Waals surface area contributed by atoms with E-state index in [-0.39, 0.29) is 23.8 Å². The van der Waals surface area contributed by atoms with Crippen LogP contribution in [0, 0.1) is 24.0 Å². The molecule has 6 heteroatoms. The smallest absolute Gasteiger partial charge is 0.311 e. The number of aromatic amines is 1. The number of aromatic nitrogens is 1. The van der Waals surface area contributed by atoms with Crippen molar-refractivity contribution in [3.8, 4) is 5.75 Å². The predicted molar refractivity (Wildman–Crippen MR) is 90.7 cm³/mol. The summed E-state index contributed by atoms with van der Waals surface area (Å²) in [4.78, 5) is 26.2. The minimum atomic E-state index is -0.495. The molecule has 1 N–H and O–H groups in total. The van der Waals surface area contributed by atoms with Crippen LogP contribution in [0.25, 0.3) is 10.9 Å². The highest BCUT2D eigenvalue weighted by atomic mass is 16.6. The molecule has 24 heavy (non-hydrogen) atoms. The van der Waals surface area contributed by atoms with E-state index in [9.17, 15) is 14.9 Å². The average Bonchev–Trinajstić information content (AvgIpc) is 2.97. The molecule has 0 amide bonds. The molecule has 6 nitrogen and oxygen atoms in total. The van der Waals surface area contributed by atoms with Gasteiger partial charge in [-0.2, -0.15) is 0 Å². The first kappa shape index (κ1) is 15.7. The van der Waals surface area contributed by atoms with E-state index in [4.69, 9.17) is 4.74 Å². The number of aryl methyl sites for hydroxylation is 2. The van der Waals surface area contributed by atoms with E-state index in [1.807, 2.05) is 24.3 Å². The molecule has 1 aromatic heterocycles. The van der Waals surface area contributed by atoms with Crippen LogP contribution in [0.15, 0.2) is 42.6 Å². The minimum absolute atomic E-state index is 0.126. The van der Waals surface area contributed by atoms with E-state index in [0.29, 0.717) is 11.1 Å². The normalized spacial score (nSPS) is 10.8. The number of Topliss-reactive ketones (excluding diaryl/α,β-unsaturated/α-hetero) is 1. The van der Waals surface area contributed by atoms with E-state index >= 15 is 0 Å². The summed E-state index contributed by atoms with van der Waals surface area (Å²) >= 11 is 0. The Hall–Kier alpha value is -3.15. The lowest BCUT2D eigenvalue weighted by Gasteiger charge is -2.09. The number of nitro benzene ring substituents is 1. The maximum atomic E-state index is 12.4. The molecule has 0 bridgehead atoms. The highest BCUT2D eigenvalue weighted by Gasteiger charge is 2.20. The molecule has 3 rings (SSSR count). The lowest BCUT2D eigenvalue weighted by molar-refractivity contribution is -0.385. The molecular formula is C18H16N2O4. The number of carbonyl (C=O) groups excluding carboxylic acids is 1. The number of nitro groups is 1. The Kier molecular flexibility index (Phi) is 4.04. The van der Waals surface area contributed by atoms with Crippen LogP contribution in [0.1, 0.15) is 21.5 Å². The number of nitrogens with zero attached hydrogens (tertiary/aromatic N) is 1. The van der Waals surface area contributed by atoms with E-state index in [2.05, 4.69) is 4.98 Å². The molecule has 3 aromatic rings. The fourth-order valence-corrected chi connectivity index (χ4v) is 2.77. The molecule has 0 atom stereocenters. The Morgan fingerprint density at radius 1 is 1.25 bits per heavy atom. The number of hydrogen-bond acceptors (Lipinski definition) is 4. The largest absolute Gasteiger partial charge is 0.478 e. The van der Waals surface area contributed by atoms with Crippen molar-refractivity contribution in [1.82, 2.24) is 4.98 Å². The lowest BCUT2D eigenvalue weighted by atomic mass is 10.1. The quantitative estimate of drug-likeness (QED) is 0.437. The van der Waals surface area contributed by atoms with Gasteiger partial charge < -0.3 is 9.72 Å². The number of para-hydroxylation sites is 1. The van der Waals surface area contributed by atoms with Crippen molar-refractivity contribution >= 4 is 22.4 Å². The van der Waals surface area contributed by atoms with Gasteiger partial charge >= 0.3 is 5.69 Å². The molecule has 0 saturated carbocycles. The third-order valence-corrected chi connectivity index (χ3v) is 3.83. The van der Waals surface area contributed by atoms with Crippen molar-refractivity contribution in [2.24, 2.45) is 0 Å². The Balaban J connectivity index is 1.86. The van der Waals surface area contributed by atoms with Gasteiger partial charge in [0.2, 0.25) is 11.5 Å². The maximum Gasteiger partial charge on any atom is 0.311 e. The van der Waals surface area contributed by atoms with E-state index in [1.54, 1.807) is 26.1 Å². The van der Waals surface area contributed by atoms with Gasteiger partial charge in [0.15, 0.2) is 6.61 Å². The number of hydrogen-bond donors (Lipinski definition) is 1. The van der Waals surface area contributed by atoms with Crippen molar-refractivity contribution < 1.29 is 14.5 Å². The molecule has 0 spiro atoms. The topological polar surface area (TPSA) is 85.2 Å². The summed E-state index contributed by atoms with van der Waals surface area (Å²) in [5.74, 6) is -0.0967. The fraction of sp³-hybridized carbons (Fsp3) is 0.167. The molecule has 0 fully saturated rings. The van der Waals surface area contributed by atoms with Gasteiger partial charge in [0.05, 0.1) is 4.92 Å². The highest BCUT2D eigenvalue weighted by molar-refractivity contribution is 6.08. The SMILES string of the molecule is Cc1cc(C)c(OCC(=O)c2c[nH]c3ccccc23)c([N+](=O)[O-])c1. The summed E-state index contributed by atoms with van der Waals surface area (Å²) in [5, 5.41) is 12.0. The second-order valence-electron chi connectivity index (χ2n) is 5.65. The van der Waals surface area contributed by atoms with Gasteiger partial charge in [-0.3, -0.25) is 14.9 Å². The Labute approximate surface area is 138 Å². The average molecular weight is 324 g/mol. The van der Waals surface area contributed by atoms with Crippen LogP contribution < -0.4 is 4.74 Å². The van der Waals surface area contributed by atoms with Gasteiger partial charge in [0, 0.05) is 28.7 Å². The van der Waals surface area contributed by atoms with Gasteiger partial charge in [0.25, 0.3) is 0 Å². The van der Waals surface area contributed by atoms with Crippen LogP contribution in [-0.4, -0.2) is 22.3 Å². The van der Waals surface area contributed by atoms with Gasteiger partial charge in [-0.25, -0.2) is 0 Å². The number of ether oxygens (including phenoxy) is 1. The zero-order chi connectivity index (χ0) is 17.3. The molecule has 122 valence electrons. The number of fused-ring (bicyclic) bond motifs is 1. The number of carbonyl (C=O) groups is 1. The molecule has 0 aliphatic carbocycles. The van der Waals surface area contributed by atoms with Crippen molar-refractivity contribution in [2.75, 3.05) is 6.61 Å². The third kappa shape index (κ3) is 2.86. The third-order valence-electron chi connectivity index (χ3n) is 3.83. The van der Waals surface area contributed by atoms with Crippen LogP contribution in [0.2, 0.25) is 0 Å². The molecular weight excluding hydrogens is 308 g/mol. The monoisotopic (exact) mass is 324 g/mol. The van der Waals surface area contributed by atoms with Crippen molar-refractivity contribution in [2.45, 2.75) is 13.8 Å². The number of H-pyrrole nitrogens is 1. The number of nitrogens with one attached hydrogen (secondary N) is 1. The molecule has 0 saturated heterocycles. The summed E-state index contributed by atoms with van der Waals surface area (Å²) in [6.45, 7) is 3.25. The van der Waals surface area contributed by atoms with Crippen LogP contribution in [0.4, 0.5) is 5.69 Å². The van der Waals surface area contributed by atoms with Crippen LogP contribution >= 0.6 is 0 Å². The second kappa shape index (κ2) is 6.16. The first-order valence-corrected chi connectivity index (χ1v) is 7.45. The van der Waals surface area contributed by atoms with Crippen LogP contribution in [0.5, 0.6) is 5.75 Å². The van der Waals surface area contributed by atoms with E-state index in [0.717, 1.165) is 16.5 Å². The van der Waals surface area contributed by atoms with Crippen molar-refractivity contribution in [3.63, 3.8) is 0 Å². The van der Waals surface area contributed by atoms with E-state index in [1.165, 1.54) is 6.07 Å². The van der Waals surface area contributed by atoms with Gasteiger partial charge in [-0.15, -0.1) is 0 Å². The van der Waals surface area contributed by atoms with Gasteiger partial charge in [-0.1, -0.05) is 24.3 Å². The zero-order valence-corrected chi connectivity index (χ0v) is 13.3. The lowest BCUT2D eigenvalue weighted by Crippen LogP contribution is -2.12. The molecule has 0 radical (unpaired) electrons. The Morgan fingerprint density at radius 3 is 2.75 bits per heavy atom. The van der Waals surface area contributed by atoms with Gasteiger partial charge in [0.1, 0.15) is 0 Å². The summed E-state index contributed by atoms with van der Waals surface area (Å²) < 4.78 is 5.51. The van der Waals surface area contributed by atoms with Gasteiger partial charge in [-0.05, 0) is 31.0 Å². The molecule has 0 aliphatic rings. The fourth-order valence-electron chi connectivity index (χ4n) is 2.77. The number of benzene rings is 2. The predicted octanol–water partition coefficient (Wildman–Crippen LogP) is 3.95. The van der Waals surface area contributed by atoms with E-state index < -0.39 is 4.92 Å². The second-order valence-corrected chi connectivity index (χ2v) is 5.65. The Bertz CT molecular complexity index is 943. The van der Waals surface area contributed by atoms with Crippen LogP contribution in [0.3, 0.4) is 0 Å². The van der Waals surface area contributed by atoms with Crippen molar-refractivity contribution in [1.29, 1.82) is 0 Å². The Morgan fingerprint density at radius 2 is 2.00 bits per heavy atom.